The van der Waals surface area contributed by atoms with Crippen molar-refractivity contribution in [1.82, 2.24) is 5.32 Å². The molecule has 0 heterocycles. The number of nitrogens with one attached hydrogen (secondary N) is 1. The van der Waals surface area contributed by atoms with Crippen molar-refractivity contribution in [1.29, 1.82) is 0 Å². The topological polar surface area (TPSA) is 29.1 Å². The van der Waals surface area contributed by atoms with E-state index in [4.69, 9.17) is 23.2 Å². The number of hydrogen-bond donors (Lipinski definition) is 1. The van der Waals surface area contributed by atoms with E-state index >= 15 is 0 Å². The monoisotopic (exact) mass is 279 g/mol. The lowest BCUT2D eigenvalue weighted by Gasteiger charge is -2.26. The molecule has 0 aliphatic heterocycles. The standard InChI is InChI=1S/C13H23Cl2NO/c1-4-5-6-11(16-8-7-10(2)17)12(3)9-13(12,14)15/h11,16H,4-9H2,1-3H3. The number of carbonyl (C=O) groups excluding carboxylic acids is 1. The van der Waals surface area contributed by atoms with E-state index in [0.29, 0.717) is 12.5 Å². The number of alkyl halides is 2. The third-order valence-corrected chi connectivity index (χ3v) is 4.91. The molecule has 1 fully saturated rings. The van der Waals surface area contributed by atoms with Crippen LogP contribution in [0.2, 0.25) is 0 Å². The van der Waals surface area contributed by atoms with E-state index < -0.39 is 4.33 Å². The number of halogens is 2. The maximum absolute atomic E-state index is 10.9. The Balaban J connectivity index is 2.47. The van der Waals surface area contributed by atoms with Gasteiger partial charge < -0.3 is 5.32 Å². The molecule has 2 unspecified atom stereocenters. The van der Waals surface area contributed by atoms with Crippen LogP contribution in [0, 0.1) is 5.41 Å². The molecule has 17 heavy (non-hydrogen) atoms. The largest absolute Gasteiger partial charge is 0.313 e. The van der Waals surface area contributed by atoms with Gasteiger partial charge in [0.25, 0.3) is 0 Å². The predicted octanol–water partition coefficient (Wildman–Crippen LogP) is 3.70. The van der Waals surface area contributed by atoms with Gasteiger partial charge in [0.05, 0.1) is 0 Å². The van der Waals surface area contributed by atoms with Crippen molar-refractivity contribution in [3.63, 3.8) is 0 Å². The highest BCUT2D eigenvalue weighted by atomic mass is 35.5. The third kappa shape index (κ3) is 3.84. The molecule has 0 radical (unpaired) electrons. The van der Waals surface area contributed by atoms with Crippen LogP contribution in [-0.4, -0.2) is 22.7 Å². The minimum Gasteiger partial charge on any atom is -0.313 e. The van der Waals surface area contributed by atoms with Gasteiger partial charge in [-0.3, -0.25) is 4.79 Å². The van der Waals surface area contributed by atoms with Crippen molar-refractivity contribution < 1.29 is 4.79 Å². The predicted molar refractivity (Wildman–Crippen MR) is 73.8 cm³/mol. The van der Waals surface area contributed by atoms with Crippen molar-refractivity contribution in [3.8, 4) is 0 Å². The SMILES string of the molecule is CCCCC(NCCC(C)=O)C1(C)CC1(Cl)Cl. The molecule has 0 spiro atoms. The first-order chi connectivity index (χ1) is 7.83. The number of rotatable bonds is 8. The number of unbranched alkanes of at least 4 members (excludes halogenated alkanes) is 1. The van der Waals surface area contributed by atoms with Crippen LogP contribution in [0.1, 0.15) is 52.9 Å². The fourth-order valence-electron chi connectivity index (χ4n) is 2.27. The second-order valence-corrected chi connectivity index (χ2v) is 6.88. The third-order valence-electron chi connectivity index (χ3n) is 3.78. The summed E-state index contributed by atoms with van der Waals surface area (Å²) in [6, 6.07) is 0.316. The number of Topliss-reactive ketones (excluding diaryl/α,β-unsaturated/α-hetero) is 1. The van der Waals surface area contributed by atoms with Gasteiger partial charge in [-0.05, 0) is 19.8 Å². The maximum Gasteiger partial charge on any atom is 0.131 e. The van der Waals surface area contributed by atoms with E-state index in [-0.39, 0.29) is 11.2 Å². The second kappa shape index (κ2) is 5.90. The van der Waals surface area contributed by atoms with Crippen molar-refractivity contribution in [2.24, 2.45) is 5.41 Å². The Morgan fingerprint density at radius 3 is 2.47 bits per heavy atom. The zero-order chi connectivity index (χ0) is 13.1. The summed E-state index contributed by atoms with van der Waals surface area (Å²) in [5, 5.41) is 3.45. The van der Waals surface area contributed by atoms with Gasteiger partial charge in [-0.1, -0.05) is 26.7 Å². The van der Waals surface area contributed by atoms with Crippen molar-refractivity contribution in [3.05, 3.63) is 0 Å². The van der Waals surface area contributed by atoms with Gasteiger partial charge in [-0.25, -0.2) is 0 Å². The molecule has 0 aromatic carbocycles. The summed E-state index contributed by atoms with van der Waals surface area (Å²) in [4.78, 5) is 10.9. The van der Waals surface area contributed by atoms with Crippen molar-refractivity contribution in [2.45, 2.75) is 63.3 Å². The molecule has 0 aromatic rings. The van der Waals surface area contributed by atoms with Gasteiger partial charge in [0.2, 0.25) is 0 Å². The van der Waals surface area contributed by atoms with E-state index in [1.807, 2.05) is 0 Å². The van der Waals surface area contributed by atoms with Crippen molar-refractivity contribution in [2.75, 3.05) is 6.54 Å². The number of hydrogen-bond acceptors (Lipinski definition) is 2. The fraction of sp³-hybridized carbons (Fsp3) is 0.923. The van der Waals surface area contributed by atoms with Crippen LogP contribution < -0.4 is 5.32 Å². The Morgan fingerprint density at radius 2 is 2.06 bits per heavy atom. The van der Waals surface area contributed by atoms with E-state index in [1.54, 1.807) is 6.92 Å². The molecule has 0 amide bonds. The quantitative estimate of drug-likeness (QED) is 0.687. The smallest absolute Gasteiger partial charge is 0.131 e. The van der Waals surface area contributed by atoms with E-state index in [2.05, 4.69) is 19.2 Å². The Bertz CT molecular complexity index is 281. The average Bonchev–Trinajstić information content (AvgIpc) is 2.72. The molecule has 1 saturated carbocycles. The zero-order valence-corrected chi connectivity index (χ0v) is 12.5. The van der Waals surface area contributed by atoms with Crippen LogP contribution in [0.3, 0.4) is 0 Å². The molecule has 0 saturated heterocycles. The van der Waals surface area contributed by atoms with Crippen LogP contribution >= 0.6 is 23.2 Å². The molecule has 0 bridgehead atoms. The molecule has 1 rings (SSSR count). The highest BCUT2D eigenvalue weighted by Gasteiger charge is 2.66. The van der Waals surface area contributed by atoms with Gasteiger partial charge in [0.1, 0.15) is 10.1 Å². The van der Waals surface area contributed by atoms with Gasteiger partial charge in [-0.15, -0.1) is 23.2 Å². The van der Waals surface area contributed by atoms with Gasteiger partial charge in [-0.2, -0.15) is 0 Å². The first-order valence-corrected chi connectivity index (χ1v) is 7.19. The Kier molecular flexibility index (Phi) is 5.30. The molecular weight excluding hydrogens is 257 g/mol. The van der Waals surface area contributed by atoms with E-state index in [9.17, 15) is 4.79 Å². The van der Waals surface area contributed by atoms with Crippen LogP contribution in [-0.2, 0) is 4.79 Å². The molecule has 2 atom stereocenters. The number of ketones is 1. The lowest BCUT2D eigenvalue weighted by Crippen LogP contribution is -2.39. The highest BCUT2D eigenvalue weighted by molar-refractivity contribution is 6.51. The molecule has 100 valence electrons. The molecule has 2 nitrogen and oxygen atoms in total. The Morgan fingerprint density at radius 1 is 1.47 bits per heavy atom. The zero-order valence-electron chi connectivity index (χ0n) is 11.0. The second-order valence-electron chi connectivity index (χ2n) is 5.40. The summed E-state index contributed by atoms with van der Waals surface area (Å²) >= 11 is 12.4. The molecule has 1 N–H and O–H groups in total. The van der Waals surface area contributed by atoms with E-state index in [0.717, 1.165) is 25.8 Å². The molecule has 4 heteroatoms. The molecular formula is C13H23Cl2NO. The first kappa shape index (κ1) is 15.3. The summed E-state index contributed by atoms with van der Waals surface area (Å²) < 4.78 is -0.589. The van der Waals surface area contributed by atoms with Crippen LogP contribution in [0.5, 0.6) is 0 Å². The normalized spacial score (nSPS) is 27.8. The Hall–Kier alpha value is 0.210. The van der Waals surface area contributed by atoms with Gasteiger partial charge >= 0.3 is 0 Å². The molecule has 0 aromatic heterocycles. The molecule has 1 aliphatic rings. The summed E-state index contributed by atoms with van der Waals surface area (Å²) in [6.45, 7) is 6.66. The summed E-state index contributed by atoms with van der Waals surface area (Å²) in [6.07, 6.45) is 4.82. The first-order valence-electron chi connectivity index (χ1n) is 6.44. The fourth-order valence-corrected chi connectivity index (χ4v) is 3.09. The summed E-state index contributed by atoms with van der Waals surface area (Å²) in [7, 11) is 0. The lowest BCUT2D eigenvalue weighted by molar-refractivity contribution is -0.116. The van der Waals surface area contributed by atoms with E-state index in [1.165, 1.54) is 6.42 Å². The lowest BCUT2D eigenvalue weighted by atomic mass is 9.93. The van der Waals surface area contributed by atoms with Crippen LogP contribution in [0.4, 0.5) is 0 Å². The van der Waals surface area contributed by atoms with Crippen LogP contribution in [0.25, 0.3) is 0 Å². The summed E-state index contributed by atoms with van der Waals surface area (Å²) in [5.41, 5.74) is -0.0396. The minimum absolute atomic E-state index is 0.0396. The van der Waals surface area contributed by atoms with Gasteiger partial charge in [0, 0.05) is 24.4 Å². The van der Waals surface area contributed by atoms with Crippen LogP contribution in [0.15, 0.2) is 0 Å². The summed E-state index contributed by atoms with van der Waals surface area (Å²) in [5.74, 6) is 0.218. The number of carbonyl (C=O) groups is 1. The maximum atomic E-state index is 10.9. The minimum atomic E-state index is -0.589. The average molecular weight is 280 g/mol. The van der Waals surface area contributed by atoms with Crippen molar-refractivity contribution >= 4 is 29.0 Å². The highest BCUT2D eigenvalue weighted by Crippen LogP contribution is 2.66. The molecule has 1 aliphatic carbocycles. The van der Waals surface area contributed by atoms with Gasteiger partial charge in [0.15, 0.2) is 0 Å². The Labute approximate surface area is 114 Å².